The number of hydrogen-bond donors (Lipinski definition) is 0. The number of rotatable bonds is 2. The zero-order valence-corrected chi connectivity index (χ0v) is 25.9. The summed E-state index contributed by atoms with van der Waals surface area (Å²) in [7, 11) is 0. The Morgan fingerprint density at radius 3 is 1.15 bits per heavy atom. The summed E-state index contributed by atoms with van der Waals surface area (Å²) in [6, 6.07) is 52.4. The minimum atomic E-state index is 0.916. The van der Waals surface area contributed by atoms with E-state index in [2.05, 4.69) is 121 Å². The molecule has 218 valence electrons. The third-order valence-electron chi connectivity index (χ3n) is 9.86. The molecule has 0 fully saturated rings. The predicted molar refractivity (Wildman–Crippen MR) is 200 cm³/mol. The van der Waals surface area contributed by atoms with Crippen LogP contribution in [0.2, 0.25) is 0 Å². The minimum Gasteiger partial charge on any atom is -0.456 e. The molecule has 0 aliphatic heterocycles. The van der Waals surface area contributed by atoms with Gasteiger partial charge in [0.15, 0.2) is 0 Å². The van der Waals surface area contributed by atoms with Gasteiger partial charge in [-0.1, -0.05) is 97.1 Å². The van der Waals surface area contributed by atoms with Crippen LogP contribution < -0.4 is 0 Å². The maximum atomic E-state index is 6.18. The van der Waals surface area contributed by atoms with Gasteiger partial charge in [0.25, 0.3) is 0 Å². The average Bonchev–Trinajstić information content (AvgIpc) is 3.82. The molecule has 0 atom stereocenters. The first-order chi connectivity index (χ1) is 23.3. The number of furan rings is 2. The van der Waals surface area contributed by atoms with Crippen molar-refractivity contribution in [3.8, 4) is 22.3 Å². The molecule has 0 radical (unpaired) electrons. The van der Waals surface area contributed by atoms with Crippen LogP contribution in [-0.4, -0.2) is 0 Å². The Morgan fingerprint density at radius 1 is 0.298 bits per heavy atom. The highest BCUT2D eigenvalue weighted by molar-refractivity contribution is 7.27. The summed E-state index contributed by atoms with van der Waals surface area (Å²) in [5.74, 6) is 0. The molecular formula is C44H24O2S. The van der Waals surface area contributed by atoms with Crippen LogP contribution in [0.15, 0.2) is 154 Å². The molecule has 0 spiro atoms. The van der Waals surface area contributed by atoms with Crippen molar-refractivity contribution in [3.63, 3.8) is 0 Å². The van der Waals surface area contributed by atoms with E-state index < -0.39 is 0 Å². The largest absolute Gasteiger partial charge is 0.456 e. The Morgan fingerprint density at radius 2 is 0.681 bits per heavy atom. The van der Waals surface area contributed by atoms with Crippen molar-refractivity contribution >= 4 is 96.9 Å². The first-order valence-corrected chi connectivity index (χ1v) is 16.7. The molecule has 0 saturated carbocycles. The quantitative estimate of drug-likeness (QED) is 0.193. The molecule has 11 aromatic rings. The second-order valence-corrected chi connectivity index (χ2v) is 13.4. The first kappa shape index (κ1) is 25.3. The highest BCUT2D eigenvalue weighted by atomic mass is 32.1. The normalized spacial score (nSPS) is 12.3. The Balaban J connectivity index is 1.22. The van der Waals surface area contributed by atoms with Gasteiger partial charge in [-0.05, 0) is 81.6 Å². The summed E-state index contributed by atoms with van der Waals surface area (Å²) in [5, 5.41) is 12.3. The first-order valence-electron chi connectivity index (χ1n) is 15.9. The van der Waals surface area contributed by atoms with E-state index in [-0.39, 0.29) is 0 Å². The van der Waals surface area contributed by atoms with Crippen molar-refractivity contribution in [2.24, 2.45) is 0 Å². The van der Waals surface area contributed by atoms with E-state index in [4.69, 9.17) is 8.83 Å². The van der Waals surface area contributed by atoms with E-state index in [1.54, 1.807) is 0 Å². The fraction of sp³-hybridized carbons (Fsp3) is 0. The van der Waals surface area contributed by atoms with Gasteiger partial charge in [0.1, 0.15) is 22.3 Å². The number of hydrogen-bond acceptors (Lipinski definition) is 3. The van der Waals surface area contributed by atoms with E-state index in [1.165, 1.54) is 64.0 Å². The molecule has 0 bridgehead atoms. The molecule has 0 aliphatic carbocycles. The Bertz CT molecular complexity index is 2870. The molecule has 0 N–H and O–H groups in total. The lowest BCUT2D eigenvalue weighted by atomic mass is 9.92. The van der Waals surface area contributed by atoms with Crippen LogP contribution in [0.4, 0.5) is 0 Å². The number of para-hydroxylation sites is 2. The molecule has 0 saturated heterocycles. The number of fused-ring (bicyclic) bond motifs is 13. The number of benzene rings is 8. The van der Waals surface area contributed by atoms with Crippen LogP contribution in [0.3, 0.4) is 0 Å². The van der Waals surface area contributed by atoms with Crippen LogP contribution in [0.25, 0.3) is 108 Å². The topological polar surface area (TPSA) is 26.3 Å². The van der Waals surface area contributed by atoms with Crippen LogP contribution in [-0.2, 0) is 0 Å². The van der Waals surface area contributed by atoms with E-state index in [1.807, 2.05) is 35.6 Å². The van der Waals surface area contributed by atoms with Gasteiger partial charge in [0, 0.05) is 52.5 Å². The van der Waals surface area contributed by atoms with Gasteiger partial charge in [-0.3, -0.25) is 0 Å². The lowest BCUT2D eigenvalue weighted by molar-refractivity contribution is 0.668. The van der Waals surface area contributed by atoms with Gasteiger partial charge in [-0.25, -0.2) is 0 Å². The van der Waals surface area contributed by atoms with Crippen molar-refractivity contribution in [3.05, 3.63) is 146 Å². The van der Waals surface area contributed by atoms with Gasteiger partial charge in [-0.2, -0.15) is 0 Å². The van der Waals surface area contributed by atoms with E-state index in [0.717, 1.165) is 43.9 Å². The van der Waals surface area contributed by atoms with E-state index >= 15 is 0 Å². The fourth-order valence-corrected chi connectivity index (χ4v) is 9.02. The van der Waals surface area contributed by atoms with Crippen molar-refractivity contribution in [1.82, 2.24) is 0 Å². The minimum absolute atomic E-state index is 0.916. The SMILES string of the molecule is c1ccc2c(c1)oc1ccc(-c3cc4c5cc(-c6ccc7oc8ccccc8c7c6)c6ccccc6c5sc4c4ccccc34)cc12. The zero-order valence-electron chi connectivity index (χ0n) is 25.1. The van der Waals surface area contributed by atoms with Crippen LogP contribution >= 0.6 is 11.3 Å². The van der Waals surface area contributed by atoms with Crippen molar-refractivity contribution in [2.45, 2.75) is 0 Å². The summed E-state index contributed by atoms with van der Waals surface area (Å²) in [6.45, 7) is 0. The lowest BCUT2D eigenvalue weighted by Gasteiger charge is -2.11. The molecule has 0 unspecified atom stereocenters. The third kappa shape index (κ3) is 3.55. The Kier molecular flexibility index (Phi) is 5.02. The summed E-state index contributed by atoms with van der Waals surface area (Å²) >= 11 is 1.91. The van der Waals surface area contributed by atoms with Crippen LogP contribution in [0, 0.1) is 0 Å². The fourth-order valence-electron chi connectivity index (χ4n) is 7.68. The predicted octanol–water partition coefficient (Wildman–Crippen LogP) is 13.5. The van der Waals surface area contributed by atoms with Gasteiger partial charge in [-0.15, -0.1) is 11.3 Å². The third-order valence-corrected chi connectivity index (χ3v) is 11.1. The van der Waals surface area contributed by atoms with E-state index in [9.17, 15) is 0 Å². The molecule has 0 aliphatic rings. The van der Waals surface area contributed by atoms with Crippen molar-refractivity contribution in [1.29, 1.82) is 0 Å². The van der Waals surface area contributed by atoms with Gasteiger partial charge >= 0.3 is 0 Å². The average molecular weight is 617 g/mol. The maximum absolute atomic E-state index is 6.18. The van der Waals surface area contributed by atoms with Gasteiger partial charge in [0.05, 0.1) is 0 Å². The monoisotopic (exact) mass is 616 g/mol. The molecule has 8 aromatic carbocycles. The summed E-state index contributed by atoms with van der Waals surface area (Å²) < 4.78 is 15.0. The highest BCUT2D eigenvalue weighted by Crippen LogP contribution is 2.48. The van der Waals surface area contributed by atoms with E-state index in [0.29, 0.717) is 0 Å². The maximum Gasteiger partial charge on any atom is 0.135 e. The smallest absolute Gasteiger partial charge is 0.135 e. The van der Waals surface area contributed by atoms with Gasteiger partial charge in [0.2, 0.25) is 0 Å². The van der Waals surface area contributed by atoms with Gasteiger partial charge < -0.3 is 8.83 Å². The molecular weight excluding hydrogens is 593 g/mol. The molecule has 3 heteroatoms. The van der Waals surface area contributed by atoms with Crippen LogP contribution in [0.5, 0.6) is 0 Å². The Hall–Kier alpha value is -5.90. The lowest BCUT2D eigenvalue weighted by Crippen LogP contribution is -1.84. The Labute approximate surface area is 272 Å². The number of thiophene rings is 1. The standard InChI is InChI=1S/C44H24O2S/c1-3-13-31-27(9-1)33(25-17-19-41-35(21-25)29-11-5-7-15-39(29)45-41)23-37-38-24-34(28-10-2-4-14-32(28)44(38)47-43(31)37)26-18-20-42-36(22-26)30-12-6-8-16-40(30)46-42/h1-24H. The van der Waals surface area contributed by atoms with Crippen molar-refractivity contribution in [2.75, 3.05) is 0 Å². The summed E-state index contributed by atoms with van der Waals surface area (Å²) in [5.41, 5.74) is 8.54. The van der Waals surface area contributed by atoms with Crippen molar-refractivity contribution < 1.29 is 8.83 Å². The van der Waals surface area contributed by atoms with Crippen LogP contribution in [0.1, 0.15) is 0 Å². The second-order valence-electron chi connectivity index (χ2n) is 12.4. The molecule has 0 amide bonds. The molecule has 47 heavy (non-hydrogen) atoms. The molecule has 11 rings (SSSR count). The zero-order chi connectivity index (χ0) is 30.6. The molecule has 3 aromatic heterocycles. The molecule has 3 heterocycles. The highest BCUT2D eigenvalue weighted by Gasteiger charge is 2.19. The summed E-state index contributed by atoms with van der Waals surface area (Å²) in [4.78, 5) is 0. The molecule has 2 nitrogen and oxygen atoms in total. The summed E-state index contributed by atoms with van der Waals surface area (Å²) in [6.07, 6.45) is 0. The second kappa shape index (κ2) is 9.32.